The number of non-ortho nitro benzene ring substituents is 1. The van der Waals surface area contributed by atoms with Crippen LogP contribution in [0.5, 0.6) is 0 Å². The van der Waals surface area contributed by atoms with Gasteiger partial charge in [0.2, 0.25) is 0 Å². The summed E-state index contributed by atoms with van der Waals surface area (Å²) < 4.78 is 0. The smallest absolute Gasteiger partial charge is 0.269 e. The van der Waals surface area contributed by atoms with E-state index in [-0.39, 0.29) is 22.7 Å². The van der Waals surface area contributed by atoms with Gasteiger partial charge in [-0.2, -0.15) is 0 Å². The molecule has 0 saturated heterocycles. The first-order valence-electron chi connectivity index (χ1n) is 7.01. The fourth-order valence-corrected chi connectivity index (χ4v) is 2.97. The summed E-state index contributed by atoms with van der Waals surface area (Å²) >= 11 is 1.61. The fraction of sp³-hybridized carbons (Fsp3) is 0.400. The van der Waals surface area contributed by atoms with Crippen molar-refractivity contribution >= 4 is 17.0 Å². The van der Waals surface area contributed by atoms with Crippen LogP contribution in [0.1, 0.15) is 49.3 Å². The molecule has 1 aromatic heterocycles. The first-order valence-corrected chi connectivity index (χ1v) is 7.89. The van der Waals surface area contributed by atoms with Crippen molar-refractivity contribution in [2.75, 3.05) is 0 Å². The van der Waals surface area contributed by atoms with Crippen molar-refractivity contribution in [3.05, 3.63) is 56.5 Å². The first-order chi connectivity index (χ1) is 10.1. The van der Waals surface area contributed by atoms with E-state index in [1.54, 1.807) is 29.7 Å². The molecule has 0 saturated carbocycles. The van der Waals surface area contributed by atoms with Gasteiger partial charge >= 0.3 is 0 Å². The average Bonchev–Trinajstić information content (AvgIpc) is 3.01. The van der Waals surface area contributed by atoms with Crippen LogP contribution in [0, 0.1) is 10.1 Å². The van der Waals surface area contributed by atoms with Crippen LogP contribution in [-0.2, 0) is 0 Å². The highest BCUT2D eigenvalue weighted by atomic mass is 32.1. The van der Waals surface area contributed by atoms with Crippen LogP contribution >= 0.6 is 11.3 Å². The summed E-state index contributed by atoms with van der Waals surface area (Å²) in [6, 6.07) is 7.08. The number of aromatic nitrogens is 1. The number of nitrogens with zero attached hydrogens (tertiary/aromatic N) is 2. The summed E-state index contributed by atoms with van der Waals surface area (Å²) in [7, 11) is 0. The molecular formula is C15H19N3O2S. The maximum absolute atomic E-state index is 10.9. The second kappa shape index (κ2) is 7.28. The van der Waals surface area contributed by atoms with Gasteiger partial charge in [-0.15, -0.1) is 11.3 Å². The highest BCUT2D eigenvalue weighted by molar-refractivity contribution is 7.09. The van der Waals surface area contributed by atoms with Crippen LogP contribution in [0.4, 0.5) is 5.69 Å². The van der Waals surface area contributed by atoms with E-state index in [2.05, 4.69) is 24.1 Å². The minimum atomic E-state index is -0.350. The van der Waals surface area contributed by atoms with E-state index in [0.29, 0.717) is 0 Å². The Morgan fingerprint density at radius 1 is 1.48 bits per heavy atom. The fourth-order valence-electron chi connectivity index (χ4n) is 2.31. The zero-order valence-electron chi connectivity index (χ0n) is 12.2. The lowest BCUT2D eigenvalue weighted by atomic mass is 10.0. The van der Waals surface area contributed by atoms with Gasteiger partial charge in [-0.05, 0) is 18.9 Å². The molecule has 0 spiro atoms. The summed E-state index contributed by atoms with van der Waals surface area (Å²) in [4.78, 5) is 14.9. The molecule has 2 atom stereocenters. The standard InChI is InChI=1S/C15H19N3O2S/c1-3-5-14(17-11(2)15-16-8-9-21-15)12-6-4-7-13(10-12)18(19)20/h4,6-11,14,17H,3,5H2,1-2H3. The van der Waals surface area contributed by atoms with E-state index in [1.165, 1.54) is 6.07 Å². The highest BCUT2D eigenvalue weighted by Gasteiger charge is 2.18. The van der Waals surface area contributed by atoms with E-state index >= 15 is 0 Å². The van der Waals surface area contributed by atoms with Gasteiger partial charge in [-0.3, -0.25) is 10.1 Å². The third-order valence-corrected chi connectivity index (χ3v) is 4.29. The number of nitro groups is 1. The topological polar surface area (TPSA) is 68.1 Å². The molecule has 21 heavy (non-hydrogen) atoms. The third-order valence-electron chi connectivity index (χ3n) is 3.33. The van der Waals surface area contributed by atoms with Gasteiger partial charge in [-0.1, -0.05) is 25.5 Å². The molecule has 0 aliphatic carbocycles. The Kier molecular flexibility index (Phi) is 5.41. The predicted molar refractivity (Wildman–Crippen MR) is 84.4 cm³/mol. The molecule has 0 aliphatic heterocycles. The highest BCUT2D eigenvalue weighted by Crippen LogP contribution is 2.26. The molecule has 0 fully saturated rings. The lowest BCUT2D eigenvalue weighted by Gasteiger charge is -2.22. The zero-order chi connectivity index (χ0) is 15.2. The van der Waals surface area contributed by atoms with E-state index in [9.17, 15) is 10.1 Å². The van der Waals surface area contributed by atoms with Crippen LogP contribution < -0.4 is 5.32 Å². The van der Waals surface area contributed by atoms with Crippen LogP contribution in [-0.4, -0.2) is 9.91 Å². The van der Waals surface area contributed by atoms with Gasteiger partial charge in [0.1, 0.15) is 5.01 Å². The maximum Gasteiger partial charge on any atom is 0.269 e. The number of hydrogen-bond donors (Lipinski definition) is 1. The molecule has 0 amide bonds. The summed E-state index contributed by atoms with van der Waals surface area (Å²) in [6.07, 6.45) is 3.72. The quantitative estimate of drug-likeness (QED) is 0.613. The van der Waals surface area contributed by atoms with E-state index in [4.69, 9.17) is 0 Å². The molecule has 6 heteroatoms. The molecule has 2 unspecified atom stereocenters. The van der Waals surface area contributed by atoms with Crippen molar-refractivity contribution in [2.45, 2.75) is 38.8 Å². The minimum absolute atomic E-state index is 0.0915. The number of thiazole rings is 1. The van der Waals surface area contributed by atoms with Gasteiger partial charge in [0.25, 0.3) is 5.69 Å². The summed E-state index contributed by atoms with van der Waals surface area (Å²) in [5.74, 6) is 0. The Morgan fingerprint density at radius 3 is 2.90 bits per heavy atom. The molecule has 0 bridgehead atoms. The lowest BCUT2D eigenvalue weighted by molar-refractivity contribution is -0.384. The van der Waals surface area contributed by atoms with Gasteiger partial charge in [-0.25, -0.2) is 4.98 Å². The van der Waals surface area contributed by atoms with Gasteiger partial charge in [0, 0.05) is 29.8 Å². The second-order valence-corrected chi connectivity index (χ2v) is 5.88. The summed E-state index contributed by atoms with van der Waals surface area (Å²) in [6.45, 7) is 4.18. The Bertz CT molecular complexity index is 586. The van der Waals surface area contributed by atoms with Crippen LogP contribution in [0.3, 0.4) is 0 Å². The van der Waals surface area contributed by atoms with Crippen molar-refractivity contribution in [1.82, 2.24) is 10.3 Å². The molecule has 0 aliphatic rings. The largest absolute Gasteiger partial charge is 0.301 e. The normalized spacial score (nSPS) is 13.8. The third kappa shape index (κ3) is 4.09. The molecule has 0 radical (unpaired) electrons. The number of benzene rings is 1. The average molecular weight is 305 g/mol. The number of nitrogens with one attached hydrogen (secondary N) is 1. The molecule has 1 N–H and O–H groups in total. The first kappa shape index (κ1) is 15.6. The van der Waals surface area contributed by atoms with E-state index in [1.807, 2.05) is 11.4 Å². The van der Waals surface area contributed by atoms with Gasteiger partial charge in [0.05, 0.1) is 11.0 Å². The second-order valence-electron chi connectivity index (χ2n) is 4.95. The Hall–Kier alpha value is -1.79. The monoisotopic (exact) mass is 305 g/mol. The molecule has 112 valence electrons. The maximum atomic E-state index is 10.9. The summed E-state index contributed by atoms with van der Waals surface area (Å²) in [5, 5.41) is 17.4. The number of nitro benzene ring substituents is 1. The predicted octanol–water partition coefficient (Wildman–Crippen LogP) is 4.24. The van der Waals surface area contributed by atoms with Crippen molar-refractivity contribution in [3.8, 4) is 0 Å². The Morgan fingerprint density at radius 2 is 2.29 bits per heavy atom. The van der Waals surface area contributed by atoms with Gasteiger partial charge < -0.3 is 5.32 Å². The van der Waals surface area contributed by atoms with Gasteiger partial charge in [0.15, 0.2) is 0 Å². The molecule has 5 nitrogen and oxygen atoms in total. The molecule has 2 aromatic rings. The number of rotatable bonds is 7. The van der Waals surface area contributed by atoms with Crippen molar-refractivity contribution in [3.63, 3.8) is 0 Å². The van der Waals surface area contributed by atoms with E-state index < -0.39 is 0 Å². The Labute approximate surface area is 128 Å². The van der Waals surface area contributed by atoms with Crippen LogP contribution in [0.2, 0.25) is 0 Å². The SMILES string of the molecule is CCCC(NC(C)c1nccs1)c1cccc([N+](=O)[O-])c1. The molecule has 1 aromatic carbocycles. The minimum Gasteiger partial charge on any atom is -0.301 e. The zero-order valence-corrected chi connectivity index (χ0v) is 13.0. The molecular weight excluding hydrogens is 286 g/mol. The van der Waals surface area contributed by atoms with E-state index in [0.717, 1.165) is 23.4 Å². The lowest BCUT2D eigenvalue weighted by Crippen LogP contribution is -2.24. The van der Waals surface area contributed by atoms with Crippen molar-refractivity contribution in [1.29, 1.82) is 0 Å². The van der Waals surface area contributed by atoms with Crippen LogP contribution in [0.25, 0.3) is 0 Å². The number of hydrogen-bond acceptors (Lipinski definition) is 5. The summed E-state index contributed by atoms with van der Waals surface area (Å²) in [5.41, 5.74) is 1.09. The van der Waals surface area contributed by atoms with Crippen molar-refractivity contribution < 1.29 is 4.92 Å². The van der Waals surface area contributed by atoms with Crippen molar-refractivity contribution in [2.24, 2.45) is 0 Å². The molecule has 2 rings (SSSR count). The van der Waals surface area contributed by atoms with Crippen LogP contribution in [0.15, 0.2) is 35.8 Å². The molecule has 1 heterocycles. The Balaban J connectivity index is 2.18.